The van der Waals surface area contributed by atoms with E-state index in [1.807, 2.05) is 6.92 Å². The van der Waals surface area contributed by atoms with Crippen LogP contribution in [0.25, 0.3) is 0 Å². The molecule has 2 amide bonds. The molecule has 0 spiro atoms. The Morgan fingerprint density at radius 1 is 1.14 bits per heavy atom. The first-order valence-electron chi connectivity index (χ1n) is 9.84. The Hall–Kier alpha value is -1.93. The van der Waals surface area contributed by atoms with Crippen LogP contribution < -0.4 is 10.6 Å². The van der Waals surface area contributed by atoms with E-state index in [0.29, 0.717) is 37.0 Å². The Morgan fingerprint density at radius 3 is 2.25 bits per heavy atom. The summed E-state index contributed by atoms with van der Waals surface area (Å²) in [5, 5.41) is 5.35. The molecular weight excluding hydrogens is 378 g/mol. The van der Waals surface area contributed by atoms with Gasteiger partial charge in [0.15, 0.2) is 0 Å². The van der Waals surface area contributed by atoms with Crippen molar-refractivity contribution < 1.29 is 18.0 Å². The number of amides is 2. The van der Waals surface area contributed by atoms with Crippen molar-refractivity contribution in [3.63, 3.8) is 0 Å². The van der Waals surface area contributed by atoms with E-state index in [4.69, 9.17) is 0 Å². The van der Waals surface area contributed by atoms with Crippen LogP contribution in [0.15, 0.2) is 29.2 Å². The minimum atomic E-state index is -3.58. The highest BCUT2D eigenvalue weighted by molar-refractivity contribution is 7.89. The van der Waals surface area contributed by atoms with Crippen LogP contribution in [0, 0.1) is 11.8 Å². The number of sulfonamides is 1. The highest BCUT2D eigenvalue weighted by Crippen LogP contribution is 2.26. The topological polar surface area (TPSA) is 95.6 Å². The zero-order chi connectivity index (χ0) is 20.9. The van der Waals surface area contributed by atoms with Gasteiger partial charge in [-0.15, -0.1) is 0 Å². The van der Waals surface area contributed by atoms with Gasteiger partial charge in [-0.2, -0.15) is 4.31 Å². The number of nitrogens with zero attached hydrogens (tertiary/aromatic N) is 1. The molecule has 0 unspecified atom stereocenters. The summed E-state index contributed by atoms with van der Waals surface area (Å²) in [6, 6.07) is 5.20. The number of carbonyl (C=O) groups excluding carboxylic acids is 2. The van der Waals surface area contributed by atoms with Gasteiger partial charge in [-0.05, 0) is 55.9 Å². The van der Waals surface area contributed by atoms with Crippen molar-refractivity contribution in [1.82, 2.24) is 14.9 Å². The largest absolute Gasteiger partial charge is 0.354 e. The van der Waals surface area contributed by atoms with Crippen LogP contribution in [0.4, 0.5) is 0 Å². The van der Waals surface area contributed by atoms with E-state index in [-0.39, 0.29) is 10.8 Å². The predicted octanol–water partition coefficient (Wildman–Crippen LogP) is 2.00. The van der Waals surface area contributed by atoms with Gasteiger partial charge in [0.1, 0.15) is 6.04 Å². The molecule has 7 nitrogen and oxygen atoms in total. The van der Waals surface area contributed by atoms with Crippen molar-refractivity contribution >= 4 is 21.8 Å². The molecule has 0 bridgehead atoms. The fourth-order valence-electron chi connectivity index (χ4n) is 3.48. The molecular formula is C20H31N3O4S. The van der Waals surface area contributed by atoms with E-state index in [1.165, 1.54) is 28.6 Å². The van der Waals surface area contributed by atoms with Crippen LogP contribution >= 0.6 is 0 Å². The molecule has 156 valence electrons. The molecule has 1 heterocycles. The van der Waals surface area contributed by atoms with E-state index < -0.39 is 22.0 Å². The highest BCUT2D eigenvalue weighted by atomic mass is 32.2. The summed E-state index contributed by atoms with van der Waals surface area (Å²) < 4.78 is 27.3. The summed E-state index contributed by atoms with van der Waals surface area (Å²) in [6.07, 6.45) is 1.84. The van der Waals surface area contributed by atoms with Gasteiger partial charge in [-0.25, -0.2) is 8.42 Å². The van der Waals surface area contributed by atoms with Crippen molar-refractivity contribution in [2.24, 2.45) is 11.8 Å². The lowest BCUT2D eigenvalue weighted by atomic mass is 9.94. The molecule has 3 atom stereocenters. The van der Waals surface area contributed by atoms with Gasteiger partial charge in [-0.1, -0.05) is 20.8 Å². The van der Waals surface area contributed by atoms with Crippen molar-refractivity contribution in [2.45, 2.75) is 51.5 Å². The molecule has 8 heteroatoms. The smallest absolute Gasteiger partial charge is 0.251 e. The first kappa shape index (κ1) is 22.4. The summed E-state index contributed by atoms with van der Waals surface area (Å²) in [7, 11) is -3.58. The first-order valence-corrected chi connectivity index (χ1v) is 11.3. The Kier molecular flexibility index (Phi) is 7.60. The van der Waals surface area contributed by atoms with Crippen LogP contribution in [0.1, 0.15) is 50.9 Å². The van der Waals surface area contributed by atoms with Gasteiger partial charge < -0.3 is 10.6 Å². The number of piperidine rings is 1. The molecule has 1 aliphatic heterocycles. The van der Waals surface area contributed by atoms with E-state index >= 15 is 0 Å². The molecule has 1 aromatic carbocycles. The van der Waals surface area contributed by atoms with E-state index in [0.717, 1.165) is 12.8 Å². The molecule has 1 aliphatic rings. The molecule has 0 radical (unpaired) electrons. The maximum Gasteiger partial charge on any atom is 0.251 e. The van der Waals surface area contributed by atoms with Crippen molar-refractivity contribution in [1.29, 1.82) is 0 Å². The Bertz CT molecular complexity index is 782. The third kappa shape index (κ3) is 5.54. The lowest BCUT2D eigenvalue weighted by Crippen LogP contribution is -2.45. The second kappa shape index (κ2) is 9.52. The van der Waals surface area contributed by atoms with Gasteiger partial charge in [0.05, 0.1) is 4.90 Å². The van der Waals surface area contributed by atoms with Crippen molar-refractivity contribution in [3.8, 4) is 0 Å². The molecule has 0 aliphatic carbocycles. The highest BCUT2D eigenvalue weighted by Gasteiger charge is 2.31. The Balaban J connectivity index is 2.06. The zero-order valence-electron chi connectivity index (χ0n) is 17.1. The molecule has 1 saturated heterocycles. The lowest BCUT2D eigenvalue weighted by molar-refractivity contribution is -0.122. The van der Waals surface area contributed by atoms with Gasteiger partial charge in [-0.3, -0.25) is 9.59 Å². The monoisotopic (exact) mass is 409 g/mol. The second-order valence-corrected chi connectivity index (χ2v) is 9.72. The van der Waals surface area contributed by atoms with Crippen LogP contribution in [-0.2, 0) is 14.8 Å². The van der Waals surface area contributed by atoms with Crippen molar-refractivity contribution in [3.05, 3.63) is 29.8 Å². The summed E-state index contributed by atoms with van der Waals surface area (Å²) in [4.78, 5) is 24.4. The summed E-state index contributed by atoms with van der Waals surface area (Å²) in [5.74, 6) is -0.0149. The molecule has 1 aromatic rings. The Morgan fingerprint density at radius 2 is 1.71 bits per heavy atom. The average Bonchev–Trinajstić information content (AvgIpc) is 2.65. The molecule has 0 aromatic heterocycles. The number of hydrogen-bond donors (Lipinski definition) is 2. The van der Waals surface area contributed by atoms with Gasteiger partial charge in [0, 0.05) is 25.2 Å². The number of hydrogen-bond acceptors (Lipinski definition) is 4. The average molecular weight is 410 g/mol. The van der Waals surface area contributed by atoms with Gasteiger partial charge in [0.2, 0.25) is 15.9 Å². The maximum atomic E-state index is 12.9. The van der Waals surface area contributed by atoms with Crippen LogP contribution in [0.2, 0.25) is 0 Å². The lowest BCUT2D eigenvalue weighted by Gasteiger charge is -2.34. The van der Waals surface area contributed by atoms with Crippen LogP contribution in [0.5, 0.6) is 0 Å². The minimum absolute atomic E-state index is 0.180. The molecule has 0 saturated carbocycles. The number of rotatable bonds is 7. The molecule has 28 heavy (non-hydrogen) atoms. The Labute approximate surface area is 167 Å². The van der Waals surface area contributed by atoms with Gasteiger partial charge >= 0.3 is 0 Å². The van der Waals surface area contributed by atoms with Crippen molar-refractivity contribution in [2.75, 3.05) is 19.6 Å². The number of benzene rings is 1. The summed E-state index contributed by atoms with van der Waals surface area (Å²) >= 11 is 0. The predicted molar refractivity (Wildman–Crippen MR) is 108 cm³/mol. The molecule has 2 N–H and O–H groups in total. The third-order valence-corrected chi connectivity index (χ3v) is 6.73. The standard InChI is InChI=1S/C20H31N3O4S/c1-5-10-21-19(24)16(4)22-20(25)17-6-8-18(9-7-17)28(26,27)23-12-14(2)11-15(3)13-23/h6-9,14-16H,5,10-13H2,1-4H3,(H,21,24)(H,22,25)/t14-,15-,16+/m0/s1. The first-order chi connectivity index (χ1) is 13.1. The third-order valence-electron chi connectivity index (χ3n) is 4.88. The maximum absolute atomic E-state index is 12.9. The summed E-state index contributed by atoms with van der Waals surface area (Å²) in [6.45, 7) is 9.26. The minimum Gasteiger partial charge on any atom is -0.354 e. The van der Waals surface area contributed by atoms with E-state index in [9.17, 15) is 18.0 Å². The SMILES string of the molecule is CCCNC(=O)[C@@H](C)NC(=O)c1ccc(S(=O)(=O)N2C[C@@H](C)C[C@H](C)C2)cc1. The van der Waals surface area contributed by atoms with E-state index in [2.05, 4.69) is 24.5 Å². The zero-order valence-corrected chi connectivity index (χ0v) is 17.9. The quantitative estimate of drug-likeness (QED) is 0.720. The van der Waals surface area contributed by atoms with Crippen LogP contribution in [-0.4, -0.2) is 50.2 Å². The number of nitrogens with one attached hydrogen (secondary N) is 2. The fourth-order valence-corrected chi connectivity index (χ4v) is 5.16. The molecule has 1 fully saturated rings. The van der Waals surface area contributed by atoms with Gasteiger partial charge in [0.25, 0.3) is 5.91 Å². The fraction of sp³-hybridized carbons (Fsp3) is 0.600. The second-order valence-electron chi connectivity index (χ2n) is 7.78. The summed E-state index contributed by atoms with van der Waals surface area (Å²) in [5.41, 5.74) is 0.314. The normalized spacial score (nSPS) is 21.7. The van der Waals surface area contributed by atoms with E-state index in [1.54, 1.807) is 6.92 Å². The molecule has 2 rings (SSSR count). The number of carbonyl (C=O) groups is 2. The van der Waals surface area contributed by atoms with Crippen LogP contribution in [0.3, 0.4) is 0 Å².